The molecule has 1 saturated heterocycles. The number of nitriles is 1. The smallest absolute Gasteiger partial charge is 0.269 e. The van der Waals surface area contributed by atoms with Crippen LogP contribution in [0.1, 0.15) is 30.3 Å². The topological polar surface area (TPSA) is 103 Å². The van der Waals surface area contributed by atoms with E-state index < -0.39 is 5.41 Å². The van der Waals surface area contributed by atoms with Gasteiger partial charge in [0.25, 0.3) is 5.91 Å². The minimum atomic E-state index is -0.921. The van der Waals surface area contributed by atoms with Gasteiger partial charge in [-0.1, -0.05) is 13.0 Å². The van der Waals surface area contributed by atoms with Gasteiger partial charge in [0.1, 0.15) is 11.1 Å². The van der Waals surface area contributed by atoms with Gasteiger partial charge >= 0.3 is 0 Å². The molecule has 0 bridgehead atoms. The lowest BCUT2D eigenvalue weighted by atomic mass is 9.75. The lowest BCUT2D eigenvalue weighted by Crippen LogP contribution is -2.37. The van der Waals surface area contributed by atoms with Crippen LogP contribution in [0, 0.1) is 28.6 Å². The third kappa shape index (κ3) is 2.81. The van der Waals surface area contributed by atoms with E-state index in [1.54, 1.807) is 34.9 Å². The molecule has 2 atom stereocenters. The molecule has 8 heteroatoms. The number of carbonyl (C=O) groups is 2. The highest BCUT2D eigenvalue weighted by Crippen LogP contribution is 2.54. The molecular formula is C23H22N6O2. The molecule has 3 aromatic rings. The van der Waals surface area contributed by atoms with E-state index in [-0.39, 0.29) is 23.7 Å². The van der Waals surface area contributed by atoms with Crippen molar-refractivity contribution in [3.8, 4) is 17.2 Å². The molecule has 31 heavy (non-hydrogen) atoms. The summed E-state index contributed by atoms with van der Waals surface area (Å²) in [4.78, 5) is 31.1. The van der Waals surface area contributed by atoms with E-state index >= 15 is 0 Å². The van der Waals surface area contributed by atoms with E-state index in [1.165, 1.54) is 0 Å². The molecule has 0 spiro atoms. The largest absolute Gasteiger partial charge is 0.354 e. The first kappa shape index (κ1) is 19.2. The second-order valence-corrected chi connectivity index (χ2v) is 8.36. The van der Waals surface area contributed by atoms with Crippen LogP contribution in [0.15, 0.2) is 42.9 Å². The van der Waals surface area contributed by atoms with Gasteiger partial charge in [-0.05, 0) is 37.0 Å². The summed E-state index contributed by atoms with van der Waals surface area (Å²) >= 11 is 0. The molecule has 0 unspecified atom stereocenters. The van der Waals surface area contributed by atoms with Crippen molar-refractivity contribution in [1.82, 2.24) is 19.9 Å². The van der Waals surface area contributed by atoms with E-state index in [2.05, 4.69) is 21.5 Å². The third-order valence-electron chi connectivity index (χ3n) is 6.57. The molecule has 0 aromatic carbocycles. The van der Waals surface area contributed by atoms with Crippen LogP contribution >= 0.6 is 0 Å². The van der Waals surface area contributed by atoms with Crippen molar-refractivity contribution < 1.29 is 9.59 Å². The van der Waals surface area contributed by atoms with Crippen molar-refractivity contribution >= 4 is 23.0 Å². The van der Waals surface area contributed by atoms with E-state index in [9.17, 15) is 14.9 Å². The zero-order chi connectivity index (χ0) is 21.8. The molecule has 2 amide bonds. The first-order chi connectivity index (χ1) is 15.0. The molecule has 8 nitrogen and oxygen atoms in total. The van der Waals surface area contributed by atoms with Crippen LogP contribution in [0.25, 0.3) is 16.6 Å². The van der Waals surface area contributed by atoms with Crippen LogP contribution in [0.3, 0.4) is 0 Å². The normalized spacial score (nSPS) is 23.2. The van der Waals surface area contributed by atoms with E-state index in [4.69, 9.17) is 0 Å². The average molecular weight is 414 g/mol. The number of carbonyl (C=O) groups excluding carboxylic acids is 2. The summed E-state index contributed by atoms with van der Waals surface area (Å²) in [6, 6.07) is 9.68. The lowest BCUT2D eigenvalue weighted by molar-refractivity contribution is -0.124. The molecular weight excluding hydrogens is 392 g/mol. The Morgan fingerprint density at radius 2 is 2.10 bits per heavy atom. The van der Waals surface area contributed by atoms with Crippen molar-refractivity contribution in [3.05, 3.63) is 48.5 Å². The molecule has 5 rings (SSSR count). The van der Waals surface area contributed by atoms with Crippen molar-refractivity contribution in [2.24, 2.45) is 17.3 Å². The van der Waals surface area contributed by atoms with Gasteiger partial charge in [-0.2, -0.15) is 10.4 Å². The molecule has 3 aromatic heterocycles. The predicted molar refractivity (Wildman–Crippen MR) is 114 cm³/mol. The van der Waals surface area contributed by atoms with E-state index in [0.29, 0.717) is 12.2 Å². The Kier molecular flexibility index (Phi) is 4.29. The van der Waals surface area contributed by atoms with E-state index in [0.717, 1.165) is 35.2 Å². The second kappa shape index (κ2) is 6.91. The fourth-order valence-corrected chi connectivity index (χ4v) is 4.72. The van der Waals surface area contributed by atoms with Crippen molar-refractivity contribution in [3.63, 3.8) is 0 Å². The number of hydrogen-bond donors (Lipinski definition) is 1. The van der Waals surface area contributed by atoms with Crippen LogP contribution in [0.2, 0.25) is 0 Å². The Morgan fingerprint density at radius 1 is 1.29 bits per heavy atom. The van der Waals surface area contributed by atoms with Crippen LogP contribution in [0.4, 0.5) is 5.69 Å². The first-order valence-electron chi connectivity index (χ1n) is 10.4. The van der Waals surface area contributed by atoms with Crippen LogP contribution < -0.4 is 10.2 Å². The number of rotatable bonds is 4. The number of hydrogen-bond acceptors (Lipinski definition) is 5. The summed E-state index contributed by atoms with van der Waals surface area (Å²) in [7, 11) is 1.57. The SMILES string of the molecule is CNC(=O)c1ccc(-c2cc3c(N4C[C@@H](C)[C@@](C#N)(C5CC5)C4=O)ccnn3c2)cn1. The molecule has 1 saturated carbocycles. The van der Waals surface area contributed by atoms with E-state index in [1.807, 2.05) is 31.3 Å². The summed E-state index contributed by atoms with van der Waals surface area (Å²) in [5.74, 6) is -0.204. The molecule has 2 fully saturated rings. The zero-order valence-corrected chi connectivity index (χ0v) is 17.4. The molecule has 1 aliphatic carbocycles. The minimum Gasteiger partial charge on any atom is -0.354 e. The molecule has 156 valence electrons. The van der Waals surface area contributed by atoms with Gasteiger partial charge in [0.15, 0.2) is 0 Å². The Labute approximate surface area is 179 Å². The number of fused-ring (bicyclic) bond motifs is 1. The first-order valence-corrected chi connectivity index (χ1v) is 10.4. The predicted octanol–water partition coefficient (Wildman–Crippen LogP) is 2.66. The van der Waals surface area contributed by atoms with Gasteiger partial charge in [0.2, 0.25) is 5.91 Å². The molecule has 1 N–H and O–H groups in total. The summed E-state index contributed by atoms with van der Waals surface area (Å²) in [6.07, 6.45) is 7.07. The number of pyridine rings is 1. The monoisotopic (exact) mass is 414 g/mol. The second-order valence-electron chi connectivity index (χ2n) is 8.36. The van der Waals surface area contributed by atoms with Gasteiger partial charge in [0, 0.05) is 49.2 Å². The van der Waals surface area contributed by atoms with Crippen LogP contribution in [-0.2, 0) is 4.79 Å². The van der Waals surface area contributed by atoms with Crippen molar-refractivity contribution in [2.75, 3.05) is 18.5 Å². The summed E-state index contributed by atoms with van der Waals surface area (Å²) in [6.45, 7) is 2.52. The standard InChI is InChI=1S/C23H22N6O2/c1-14-11-28(22(31)23(14,13-24)17-4-5-17)19-7-8-27-29-12-16(9-20(19)29)15-3-6-18(26-10-15)21(30)25-2/h3,6-10,12,14,17H,4-5,11H2,1-2H3,(H,25,30)/t14-,23+/m1/s1. The number of nitrogens with one attached hydrogen (secondary N) is 1. The summed E-state index contributed by atoms with van der Waals surface area (Å²) in [5, 5.41) is 16.9. The quantitative estimate of drug-likeness (QED) is 0.707. The Morgan fingerprint density at radius 3 is 2.74 bits per heavy atom. The summed E-state index contributed by atoms with van der Waals surface area (Å²) in [5.41, 5.74) is 2.69. The van der Waals surface area contributed by atoms with Crippen LogP contribution in [-0.4, -0.2) is 40.0 Å². The fraction of sp³-hybridized carbons (Fsp3) is 0.348. The summed E-state index contributed by atoms with van der Waals surface area (Å²) < 4.78 is 1.73. The maximum absolute atomic E-state index is 13.4. The van der Waals surface area contributed by atoms with Gasteiger partial charge in [-0.3, -0.25) is 14.6 Å². The minimum absolute atomic E-state index is 0.0263. The number of nitrogens with zero attached hydrogens (tertiary/aromatic N) is 5. The van der Waals surface area contributed by atoms with Gasteiger partial charge < -0.3 is 10.2 Å². The highest BCUT2D eigenvalue weighted by atomic mass is 16.2. The molecule has 2 aliphatic rings. The third-order valence-corrected chi connectivity index (χ3v) is 6.57. The van der Waals surface area contributed by atoms with Gasteiger partial charge in [-0.15, -0.1) is 0 Å². The highest BCUT2D eigenvalue weighted by Gasteiger charge is 2.61. The lowest BCUT2D eigenvalue weighted by Gasteiger charge is -2.23. The fourth-order valence-electron chi connectivity index (χ4n) is 4.72. The highest BCUT2D eigenvalue weighted by molar-refractivity contribution is 6.05. The van der Waals surface area contributed by atoms with Gasteiger partial charge in [-0.25, -0.2) is 4.52 Å². The Bertz CT molecular complexity index is 1240. The number of amides is 2. The maximum Gasteiger partial charge on any atom is 0.269 e. The maximum atomic E-state index is 13.4. The Balaban J connectivity index is 1.53. The Hall–Kier alpha value is -3.73. The average Bonchev–Trinajstić information content (AvgIpc) is 3.49. The number of aromatic nitrogens is 3. The van der Waals surface area contributed by atoms with Crippen molar-refractivity contribution in [2.45, 2.75) is 19.8 Å². The zero-order valence-electron chi connectivity index (χ0n) is 17.4. The van der Waals surface area contributed by atoms with Crippen molar-refractivity contribution in [1.29, 1.82) is 5.26 Å². The van der Waals surface area contributed by atoms with Gasteiger partial charge in [0.05, 0.1) is 17.3 Å². The molecule has 0 radical (unpaired) electrons. The molecule has 1 aliphatic heterocycles. The number of anilines is 1. The van der Waals surface area contributed by atoms with Crippen LogP contribution in [0.5, 0.6) is 0 Å². The molecule has 4 heterocycles.